The van der Waals surface area contributed by atoms with Crippen molar-refractivity contribution in [1.29, 1.82) is 0 Å². The largest absolute Gasteiger partial charge is 0.497 e. The second-order valence-electron chi connectivity index (χ2n) is 4.45. The Morgan fingerprint density at radius 2 is 2.07 bits per heavy atom. The van der Waals surface area contributed by atoms with Gasteiger partial charge in [-0.05, 0) is 36.5 Å². The highest BCUT2D eigenvalue weighted by molar-refractivity contribution is 5.28. The highest BCUT2D eigenvalue weighted by Crippen LogP contribution is 2.15. The van der Waals surface area contributed by atoms with Crippen LogP contribution < -0.4 is 10.5 Å². The van der Waals surface area contributed by atoms with Gasteiger partial charge in [-0.25, -0.2) is 0 Å². The van der Waals surface area contributed by atoms with Gasteiger partial charge in [0.1, 0.15) is 5.75 Å². The zero-order valence-electron chi connectivity index (χ0n) is 9.86. The van der Waals surface area contributed by atoms with Crippen LogP contribution in [0.3, 0.4) is 0 Å². The molecule has 0 amide bonds. The molecule has 1 atom stereocenters. The third-order valence-electron chi connectivity index (χ3n) is 2.41. The summed E-state index contributed by atoms with van der Waals surface area (Å²) in [6.45, 7) is 4.40. The third kappa shape index (κ3) is 4.34. The van der Waals surface area contributed by atoms with Crippen LogP contribution in [0, 0.1) is 5.92 Å². The van der Waals surface area contributed by atoms with Crippen molar-refractivity contribution in [3.05, 3.63) is 29.8 Å². The molecular formula is C13H21NO. The Morgan fingerprint density at radius 1 is 1.33 bits per heavy atom. The molecule has 0 radical (unpaired) electrons. The maximum absolute atomic E-state index is 6.06. The molecule has 1 aromatic carbocycles. The van der Waals surface area contributed by atoms with Crippen molar-refractivity contribution in [3.63, 3.8) is 0 Å². The van der Waals surface area contributed by atoms with E-state index >= 15 is 0 Å². The molecule has 0 aliphatic rings. The Balaban J connectivity index is 2.55. The molecule has 15 heavy (non-hydrogen) atoms. The van der Waals surface area contributed by atoms with E-state index in [-0.39, 0.29) is 6.04 Å². The van der Waals surface area contributed by atoms with Crippen molar-refractivity contribution in [3.8, 4) is 5.75 Å². The first-order valence-corrected chi connectivity index (χ1v) is 5.50. The lowest BCUT2D eigenvalue weighted by Crippen LogP contribution is -2.24. The van der Waals surface area contributed by atoms with Gasteiger partial charge >= 0.3 is 0 Å². The SMILES string of the molecule is COc1cccc(C[C@@H](N)CC(C)C)c1. The molecule has 0 aliphatic carbocycles. The number of rotatable bonds is 5. The van der Waals surface area contributed by atoms with E-state index in [0.29, 0.717) is 5.92 Å². The molecule has 0 fully saturated rings. The minimum Gasteiger partial charge on any atom is -0.497 e. The van der Waals surface area contributed by atoms with E-state index in [0.717, 1.165) is 18.6 Å². The van der Waals surface area contributed by atoms with Gasteiger partial charge in [0.25, 0.3) is 0 Å². The van der Waals surface area contributed by atoms with Gasteiger partial charge in [0.15, 0.2) is 0 Å². The first-order valence-electron chi connectivity index (χ1n) is 5.50. The van der Waals surface area contributed by atoms with E-state index in [1.165, 1.54) is 5.56 Å². The molecule has 2 heteroatoms. The summed E-state index contributed by atoms with van der Waals surface area (Å²) in [5, 5.41) is 0. The second kappa shape index (κ2) is 5.76. The zero-order valence-corrected chi connectivity index (χ0v) is 9.86. The summed E-state index contributed by atoms with van der Waals surface area (Å²) in [6, 6.07) is 8.37. The van der Waals surface area contributed by atoms with Crippen molar-refractivity contribution in [2.75, 3.05) is 7.11 Å². The quantitative estimate of drug-likeness (QED) is 0.805. The number of hydrogen-bond acceptors (Lipinski definition) is 2. The van der Waals surface area contributed by atoms with Crippen molar-refractivity contribution in [2.24, 2.45) is 11.7 Å². The predicted octanol–water partition coefficient (Wildman–Crippen LogP) is 2.61. The predicted molar refractivity (Wildman–Crippen MR) is 64.1 cm³/mol. The average Bonchev–Trinajstić information content (AvgIpc) is 2.16. The van der Waals surface area contributed by atoms with E-state index in [9.17, 15) is 0 Å². The maximum atomic E-state index is 6.06. The van der Waals surface area contributed by atoms with Gasteiger partial charge in [-0.2, -0.15) is 0 Å². The molecule has 0 heterocycles. The van der Waals surface area contributed by atoms with Gasteiger partial charge in [0.05, 0.1) is 7.11 Å². The molecule has 2 N–H and O–H groups in total. The molecular weight excluding hydrogens is 186 g/mol. The van der Waals surface area contributed by atoms with Crippen LogP contribution in [-0.2, 0) is 6.42 Å². The Kier molecular flexibility index (Phi) is 4.63. The van der Waals surface area contributed by atoms with Crippen LogP contribution in [0.5, 0.6) is 5.75 Å². The van der Waals surface area contributed by atoms with Crippen LogP contribution in [0.1, 0.15) is 25.8 Å². The third-order valence-corrected chi connectivity index (χ3v) is 2.41. The zero-order chi connectivity index (χ0) is 11.3. The summed E-state index contributed by atoms with van der Waals surface area (Å²) in [5.41, 5.74) is 7.31. The Hall–Kier alpha value is -1.02. The molecule has 0 saturated heterocycles. The van der Waals surface area contributed by atoms with Gasteiger partial charge in [-0.1, -0.05) is 26.0 Å². The molecule has 0 unspecified atom stereocenters. The summed E-state index contributed by atoms with van der Waals surface area (Å²) in [6.07, 6.45) is 1.99. The lowest BCUT2D eigenvalue weighted by atomic mass is 9.98. The topological polar surface area (TPSA) is 35.2 Å². The highest BCUT2D eigenvalue weighted by Gasteiger charge is 2.06. The molecule has 84 valence electrons. The number of methoxy groups -OCH3 is 1. The highest BCUT2D eigenvalue weighted by atomic mass is 16.5. The van der Waals surface area contributed by atoms with Gasteiger partial charge < -0.3 is 10.5 Å². The summed E-state index contributed by atoms with van der Waals surface area (Å²) in [5.74, 6) is 1.56. The molecule has 0 bridgehead atoms. The Bertz CT molecular complexity index is 296. The summed E-state index contributed by atoms with van der Waals surface area (Å²) in [7, 11) is 1.69. The first-order chi connectivity index (χ1) is 7.11. The molecule has 0 saturated carbocycles. The molecule has 0 aliphatic heterocycles. The van der Waals surface area contributed by atoms with Gasteiger partial charge in [-0.15, -0.1) is 0 Å². The summed E-state index contributed by atoms with van der Waals surface area (Å²) >= 11 is 0. The molecule has 2 nitrogen and oxygen atoms in total. The minimum absolute atomic E-state index is 0.247. The van der Waals surface area contributed by atoms with Crippen LogP contribution in [0.4, 0.5) is 0 Å². The molecule has 1 rings (SSSR count). The smallest absolute Gasteiger partial charge is 0.119 e. The number of hydrogen-bond donors (Lipinski definition) is 1. The fourth-order valence-electron chi connectivity index (χ4n) is 1.79. The Morgan fingerprint density at radius 3 is 2.67 bits per heavy atom. The average molecular weight is 207 g/mol. The second-order valence-corrected chi connectivity index (χ2v) is 4.45. The van der Waals surface area contributed by atoms with E-state index < -0.39 is 0 Å². The lowest BCUT2D eigenvalue weighted by molar-refractivity contribution is 0.413. The van der Waals surface area contributed by atoms with E-state index in [1.807, 2.05) is 12.1 Å². The van der Waals surface area contributed by atoms with Gasteiger partial charge in [0, 0.05) is 6.04 Å². The van der Waals surface area contributed by atoms with Crippen molar-refractivity contribution in [2.45, 2.75) is 32.7 Å². The standard InChI is InChI=1S/C13H21NO/c1-10(2)7-12(14)8-11-5-4-6-13(9-11)15-3/h4-6,9-10,12H,7-8,14H2,1-3H3/t12-/m0/s1. The Labute approximate surface area is 92.4 Å². The van der Waals surface area contributed by atoms with Crippen molar-refractivity contribution < 1.29 is 4.74 Å². The number of benzene rings is 1. The lowest BCUT2D eigenvalue weighted by Gasteiger charge is -2.14. The van der Waals surface area contributed by atoms with Crippen LogP contribution >= 0.6 is 0 Å². The van der Waals surface area contributed by atoms with E-state index in [2.05, 4.69) is 26.0 Å². The monoisotopic (exact) mass is 207 g/mol. The fourth-order valence-corrected chi connectivity index (χ4v) is 1.79. The van der Waals surface area contributed by atoms with E-state index in [1.54, 1.807) is 7.11 Å². The first kappa shape index (κ1) is 12.1. The van der Waals surface area contributed by atoms with Crippen LogP contribution in [0.25, 0.3) is 0 Å². The summed E-state index contributed by atoms with van der Waals surface area (Å²) in [4.78, 5) is 0. The van der Waals surface area contributed by atoms with Crippen molar-refractivity contribution >= 4 is 0 Å². The van der Waals surface area contributed by atoms with Crippen molar-refractivity contribution in [1.82, 2.24) is 0 Å². The molecule has 0 spiro atoms. The van der Waals surface area contributed by atoms with Crippen LogP contribution in [0.2, 0.25) is 0 Å². The van der Waals surface area contributed by atoms with Crippen LogP contribution in [-0.4, -0.2) is 13.2 Å². The molecule has 0 aromatic heterocycles. The van der Waals surface area contributed by atoms with Gasteiger partial charge in [0.2, 0.25) is 0 Å². The fraction of sp³-hybridized carbons (Fsp3) is 0.538. The number of ether oxygens (including phenoxy) is 1. The number of nitrogens with two attached hydrogens (primary N) is 1. The van der Waals surface area contributed by atoms with E-state index in [4.69, 9.17) is 10.5 Å². The molecule has 1 aromatic rings. The van der Waals surface area contributed by atoms with Crippen LogP contribution in [0.15, 0.2) is 24.3 Å². The van der Waals surface area contributed by atoms with Gasteiger partial charge in [-0.3, -0.25) is 0 Å². The summed E-state index contributed by atoms with van der Waals surface area (Å²) < 4.78 is 5.18. The minimum atomic E-state index is 0.247. The normalized spacial score (nSPS) is 12.9. The maximum Gasteiger partial charge on any atom is 0.119 e.